The number of rotatable bonds is 3. The highest BCUT2D eigenvalue weighted by Gasteiger charge is 2.53. The molecule has 1 aromatic rings. The Bertz CT molecular complexity index is 369. The third kappa shape index (κ3) is 1.29. The third-order valence-corrected chi connectivity index (χ3v) is 2.82. The average Bonchev–Trinajstić information content (AvgIpc) is 2.98. The van der Waals surface area contributed by atoms with Crippen molar-refractivity contribution >= 4 is 5.97 Å². The van der Waals surface area contributed by atoms with Crippen LogP contribution in [0, 0.1) is 0 Å². The van der Waals surface area contributed by atoms with Crippen molar-refractivity contribution in [3.63, 3.8) is 0 Å². The highest BCUT2D eigenvalue weighted by Crippen LogP contribution is 2.47. The van der Waals surface area contributed by atoms with E-state index in [4.69, 9.17) is 5.11 Å². The number of aryl methyl sites for hydroxylation is 1. The van der Waals surface area contributed by atoms with Crippen LogP contribution in [0.25, 0.3) is 0 Å². The van der Waals surface area contributed by atoms with Crippen LogP contribution in [-0.2, 0) is 16.6 Å². The molecule has 74 valence electrons. The lowest BCUT2D eigenvalue weighted by molar-refractivity contribution is -0.140. The lowest BCUT2D eigenvalue weighted by Gasteiger charge is -2.09. The molecule has 1 N–H and O–H groups in total. The summed E-state index contributed by atoms with van der Waals surface area (Å²) in [6.07, 6.45) is 2.30. The van der Waals surface area contributed by atoms with E-state index in [-0.39, 0.29) is 0 Å². The van der Waals surface area contributed by atoms with Gasteiger partial charge >= 0.3 is 5.97 Å². The van der Waals surface area contributed by atoms with E-state index < -0.39 is 11.4 Å². The molecule has 3 nitrogen and oxygen atoms in total. The molecule has 1 saturated carbocycles. The van der Waals surface area contributed by atoms with E-state index in [2.05, 4.69) is 4.98 Å². The van der Waals surface area contributed by atoms with Gasteiger partial charge in [0.1, 0.15) is 5.41 Å². The van der Waals surface area contributed by atoms with Gasteiger partial charge in [-0.1, -0.05) is 13.0 Å². The van der Waals surface area contributed by atoms with Crippen molar-refractivity contribution in [1.82, 2.24) is 4.98 Å². The number of carboxylic acids is 1. The van der Waals surface area contributed by atoms with Crippen LogP contribution in [0.4, 0.5) is 0 Å². The Kier molecular flexibility index (Phi) is 2.02. The summed E-state index contributed by atoms with van der Waals surface area (Å²) in [6.45, 7) is 2.02. The average molecular weight is 191 g/mol. The third-order valence-electron chi connectivity index (χ3n) is 2.82. The van der Waals surface area contributed by atoms with Crippen LogP contribution >= 0.6 is 0 Å². The van der Waals surface area contributed by atoms with Crippen molar-refractivity contribution in [1.29, 1.82) is 0 Å². The molecule has 2 rings (SSSR count). The normalized spacial score (nSPS) is 17.8. The topological polar surface area (TPSA) is 50.2 Å². The van der Waals surface area contributed by atoms with Gasteiger partial charge in [0.15, 0.2) is 0 Å². The molecule has 1 fully saturated rings. The van der Waals surface area contributed by atoms with Gasteiger partial charge in [0, 0.05) is 5.69 Å². The smallest absolute Gasteiger partial charge is 0.315 e. The molecule has 0 radical (unpaired) electrons. The van der Waals surface area contributed by atoms with E-state index in [9.17, 15) is 4.79 Å². The molecule has 3 heteroatoms. The number of carboxylic acid groups (broad SMARTS) is 1. The molecule has 0 bridgehead atoms. The van der Waals surface area contributed by atoms with Gasteiger partial charge in [0.2, 0.25) is 0 Å². The van der Waals surface area contributed by atoms with Crippen molar-refractivity contribution < 1.29 is 9.90 Å². The summed E-state index contributed by atoms with van der Waals surface area (Å²) in [4.78, 5) is 15.4. The summed E-state index contributed by atoms with van der Waals surface area (Å²) < 4.78 is 0. The molecule has 14 heavy (non-hydrogen) atoms. The molecule has 1 aliphatic carbocycles. The van der Waals surface area contributed by atoms with Crippen molar-refractivity contribution in [2.24, 2.45) is 0 Å². The van der Waals surface area contributed by atoms with Gasteiger partial charge in [-0.25, -0.2) is 0 Å². The molecule has 0 amide bonds. The van der Waals surface area contributed by atoms with E-state index in [1.807, 2.05) is 25.1 Å². The molecule has 1 aliphatic rings. The highest BCUT2D eigenvalue weighted by atomic mass is 16.4. The van der Waals surface area contributed by atoms with Gasteiger partial charge in [-0.15, -0.1) is 0 Å². The van der Waals surface area contributed by atoms with Crippen molar-refractivity contribution in [3.8, 4) is 0 Å². The van der Waals surface area contributed by atoms with Gasteiger partial charge in [0.05, 0.1) is 5.69 Å². The second-order valence-corrected chi connectivity index (χ2v) is 3.75. The van der Waals surface area contributed by atoms with Gasteiger partial charge in [0.25, 0.3) is 0 Å². The molecule has 0 atom stereocenters. The fraction of sp³-hybridized carbons (Fsp3) is 0.455. The molecule has 0 spiro atoms. The van der Waals surface area contributed by atoms with Crippen LogP contribution in [0.1, 0.15) is 31.2 Å². The van der Waals surface area contributed by atoms with Crippen molar-refractivity contribution in [3.05, 3.63) is 29.6 Å². The first kappa shape index (κ1) is 9.19. The SMILES string of the molecule is CCc1cccc(C2(C(=O)O)CC2)n1. The summed E-state index contributed by atoms with van der Waals surface area (Å²) in [7, 11) is 0. The Balaban J connectivity index is 2.37. The molecule has 0 aliphatic heterocycles. The Labute approximate surface area is 82.8 Å². The van der Waals surface area contributed by atoms with Crippen LogP contribution in [-0.4, -0.2) is 16.1 Å². The van der Waals surface area contributed by atoms with Crippen molar-refractivity contribution in [2.45, 2.75) is 31.6 Å². The Hall–Kier alpha value is -1.38. The predicted molar refractivity (Wildman–Crippen MR) is 52.2 cm³/mol. The summed E-state index contributed by atoms with van der Waals surface area (Å²) in [5, 5.41) is 9.08. The molecule has 0 unspecified atom stereocenters. The largest absolute Gasteiger partial charge is 0.481 e. The number of aliphatic carboxylic acids is 1. The van der Waals surface area contributed by atoms with Gasteiger partial charge < -0.3 is 5.11 Å². The monoisotopic (exact) mass is 191 g/mol. The van der Waals surface area contributed by atoms with Crippen molar-refractivity contribution in [2.75, 3.05) is 0 Å². The maximum absolute atomic E-state index is 11.0. The maximum atomic E-state index is 11.0. The molecular formula is C11H13NO2. The van der Waals surface area contributed by atoms with E-state index >= 15 is 0 Å². The Morgan fingerprint density at radius 1 is 1.57 bits per heavy atom. The molecular weight excluding hydrogens is 178 g/mol. The fourth-order valence-corrected chi connectivity index (χ4v) is 1.65. The molecule has 0 saturated heterocycles. The predicted octanol–water partition coefficient (Wildman–Crippen LogP) is 1.76. The lowest BCUT2D eigenvalue weighted by Crippen LogP contribution is -2.21. The number of hydrogen-bond acceptors (Lipinski definition) is 2. The van der Waals surface area contributed by atoms with Crippen LogP contribution < -0.4 is 0 Å². The first-order valence-electron chi connectivity index (χ1n) is 4.89. The van der Waals surface area contributed by atoms with Crippen LogP contribution in [0.2, 0.25) is 0 Å². The van der Waals surface area contributed by atoms with Crippen LogP contribution in [0.5, 0.6) is 0 Å². The summed E-state index contributed by atoms with van der Waals surface area (Å²) in [5.41, 5.74) is 1.03. The summed E-state index contributed by atoms with van der Waals surface area (Å²) in [6, 6.07) is 5.64. The van der Waals surface area contributed by atoms with Crippen LogP contribution in [0.3, 0.4) is 0 Å². The minimum atomic E-state index is -0.738. The van der Waals surface area contributed by atoms with Crippen LogP contribution in [0.15, 0.2) is 18.2 Å². The Morgan fingerprint density at radius 2 is 2.29 bits per heavy atom. The standard InChI is InChI=1S/C11H13NO2/c1-2-8-4-3-5-9(12-8)11(6-7-11)10(13)14/h3-5H,2,6-7H2,1H3,(H,13,14). The number of pyridine rings is 1. The van der Waals surface area contributed by atoms with E-state index in [1.165, 1.54) is 0 Å². The van der Waals surface area contributed by atoms with Gasteiger partial charge in [-0.05, 0) is 31.4 Å². The number of nitrogens with zero attached hydrogens (tertiary/aromatic N) is 1. The zero-order chi connectivity index (χ0) is 10.2. The zero-order valence-electron chi connectivity index (χ0n) is 8.16. The van der Waals surface area contributed by atoms with E-state index in [0.29, 0.717) is 0 Å². The lowest BCUT2D eigenvalue weighted by atomic mass is 10.0. The highest BCUT2D eigenvalue weighted by molar-refractivity contribution is 5.84. The Morgan fingerprint density at radius 3 is 2.79 bits per heavy atom. The minimum Gasteiger partial charge on any atom is -0.481 e. The number of aromatic nitrogens is 1. The molecule has 1 heterocycles. The first-order valence-corrected chi connectivity index (χ1v) is 4.89. The first-order chi connectivity index (χ1) is 6.69. The summed E-state index contributed by atoms with van der Waals surface area (Å²) in [5.74, 6) is -0.738. The zero-order valence-corrected chi connectivity index (χ0v) is 8.16. The molecule has 1 aromatic heterocycles. The second-order valence-electron chi connectivity index (χ2n) is 3.75. The number of hydrogen-bond donors (Lipinski definition) is 1. The second kappa shape index (κ2) is 3.08. The van der Waals surface area contributed by atoms with Gasteiger partial charge in [-0.2, -0.15) is 0 Å². The molecule has 0 aromatic carbocycles. The van der Waals surface area contributed by atoms with E-state index in [1.54, 1.807) is 0 Å². The maximum Gasteiger partial charge on any atom is 0.315 e. The number of carbonyl (C=O) groups is 1. The van der Waals surface area contributed by atoms with Gasteiger partial charge in [-0.3, -0.25) is 9.78 Å². The quantitative estimate of drug-likeness (QED) is 0.792. The van der Waals surface area contributed by atoms with E-state index in [0.717, 1.165) is 30.7 Å². The fourth-order valence-electron chi connectivity index (χ4n) is 1.65. The minimum absolute atomic E-state index is 0.662. The summed E-state index contributed by atoms with van der Waals surface area (Å²) >= 11 is 0.